The Hall–Kier alpha value is -4.07. The zero-order valence-electron chi connectivity index (χ0n) is 21.3. The molecule has 0 aliphatic heterocycles. The highest BCUT2D eigenvalue weighted by Crippen LogP contribution is 2.17. The molecule has 3 aromatic rings. The van der Waals surface area contributed by atoms with Crippen LogP contribution in [-0.2, 0) is 16.7 Å². The maximum absolute atomic E-state index is 12.3. The highest BCUT2D eigenvalue weighted by Gasteiger charge is 2.14. The predicted molar refractivity (Wildman–Crippen MR) is 144 cm³/mol. The summed E-state index contributed by atoms with van der Waals surface area (Å²) in [6, 6.07) is 12.5. The molecular weight excluding hydrogens is 522 g/mol. The van der Waals surface area contributed by atoms with Gasteiger partial charge < -0.3 is 16.0 Å². The second-order valence-electron chi connectivity index (χ2n) is 8.45. The van der Waals surface area contributed by atoms with Crippen molar-refractivity contribution in [3.05, 3.63) is 83.8 Å². The summed E-state index contributed by atoms with van der Waals surface area (Å²) in [5.41, 5.74) is 1.24. The molecule has 1 aromatic carbocycles. The van der Waals surface area contributed by atoms with E-state index in [9.17, 15) is 22.6 Å². The number of carbonyl (C=O) groups excluding carboxylic acids is 2. The van der Waals surface area contributed by atoms with Crippen LogP contribution in [0.4, 0.5) is 5.82 Å². The second-order valence-corrected chi connectivity index (χ2v) is 9.84. The molecule has 0 spiro atoms. The van der Waals surface area contributed by atoms with Crippen LogP contribution in [0.3, 0.4) is 0 Å². The van der Waals surface area contributed by atoms with Crippen molar-refractivity contribution in [2.45, 2.75) is 30.7 Å². The molecule has 0 saturated heterocycles. The SMILES string of the molecule is O=C(NCCCCNCCCNC(=O)c1ccc(N=NCc2ccccc2S(=O)(=O)O)nc1)c1cccnc1. The Labute approximate surface area is 227 Å². The third-order valence-electron chi connectivity index (χ3n) is 5.48. The first kappa shape index (κ1) is 29.5. The summed E-state index contributed by atoms with van der Waals surface area (Å²) in [6.45, 7) is 2.61. The van der Waals surface area contributed by atoms with Crippen molar-refractivity contribution in [2.75, 3.05) is 26.2 Å². The van der Waals surface area contributed by atoms with E-state index in [0.717, 1.165) is 32.4 Å². The minimum atomic E-state index is -4.35. The summed E-state index contributed by atoms with van der Waals surface area (Å²) in [6.07, 6.45) is 7.09. The molecule has 2 amide bonds. The zero-order valence-corrected chi connectivity index (χ0v) is 22.1. The number of amides is 2. The van der Waals surface area contributed by atoms with Crippen molar-refractivity contribution in [1.82, 2.24) is 25.9 Å². The summed E-state index contributed by atoms with van der Waals surface area (Å²) in [5.74, 6) is -0.116. The standard InChI is InChI=1S/C26H31N7O5S/c34-25(21-8-5-13-28-17-21)29-15-4-3-12-27-14-6-16-30-26(35)22-10-11-24(31-18-22)33-32-19-20-7-1-2-9-23(20)39(36,37)38/h1-2,5,7-11,13,17-18,27H,3-4,6,12,14-16,19H2,(H,29,34)(H,30,35)(H,36,37,38). The first-order valence-electron chi connectivity index (χ1n) is 12.4. The summed E-state index contributed by atoms with van der Waals surface area (Å²) >= 11 is 0. The van der Waals surface area contributed by atoms with Crippen molar-refractivity contribution in [3.63, 3.8) is 0 Å². The van der Waals surface area contributed by atoms with E-state index in [0.29, 0.717) is 29.8 Å². The molecule has 13 heteroatoms. The Morgan fingerprint density at radius 3 is 2.21 bits per heavy atom. The predicted octanol–water partition coefficient (Wildman–Crippen LogP) is 2.93. The average Bonchev–Trinajstić information content (AvgIpc) is 2.94. The first-order chi connectivity index (χ1) is 18.8. The van der Waals surface area contributed by atoms with Crippen molar-refractivity contribution >= 4 is 27.8 Å². The lowest BCUT2D eigenvalue weighted by Gasteiger charge is -2.07. The number of nitrogens with zero attached hydrogens (tertiary/aromatic N) is 4. The van der Waals surface area contributed by atoms with Crippen LogP contribution in [0, 0.1) is 0 Å². The van der Waals surface area contributed by atoms with Gasteiger partial charge in [-0.25, -0.2) is 4.98 Å². The molecule has 0 fully saturated rings. The van der Waals surface area contributed by atoms with Gasteiger partial charge in [-0.3, -0.25) is 19.1 Å². The lowest BCUT2D eigenvalue weighted by molar-refractivity contribution is 0.0944. The van der Waals surface area contributed by atoms with Gasteiger partial charge in [0.05, 0.1) is 22.6 Å². The van der Waals surface area contributed by atoms with Crippen molar-refractivity contribution in [1.29, 1.82) is 0 Å². The second kappa shape index (κ2) is 15.4. The molecule has 0 radical (unpaired) electrons. The van der Waals surface area contributed by atoms with Crippen LogP contribution < -0.4 is 16.0 Å². The summed E-state index contributed by atoms with van der Waals surface area (Å²) in [4.78, 5) is 32.0. The summed E-state index contributed by atoms with van der Waals surface area (Å²) in [5, 5.41) is 16.9. The minimum Gasteiger partial charge on any atom is -0.352 e. The van der Waals surface area contributed by atoms with Crippen LogP contribution in [0.25, 0.3) is 0 Å². The Bertz CT molecular complexity index is 1350. The van der Waals surface area contributed by atoms with Crippen LogP contribution in [0.5, 0.6) is 0 Å². The minimum absolute atomic E-state index is 0.0589. The van der Waals surface area contributed by atoms with Gasteiger partial charge in [-0.15, -0.1) is 5.11 Å². The monoisotopic (exact) mass is 553 g/mol. The number of hydrogen-bond donors (Lipinski definition) is 4. The summed E-state index contributed by atoms with van der Waals surface area (Å²) < 4.78 is 32.2. The van der Waals surface area contributed by atoms with E-state index in [2.05, 4.69) is 36.1 Å². The molecule has 206 valence electrons. The van der Waals surface area contributed by atoms with E-state index in [4.69, 9.17) is 0 Å². The van der Waals surface area contributed by atoms with Crippen LogP contribution in [0.15, 0.2) is 82.2 Å². The van der Waals surface area contributed by atoms with Crippen LogP contribution in [0.1, 0.15) is 45.5 Å². The number of rotatable bonds is 15. The normalized spacial score (nSPS) is 11.4. The van der Waals surface area contributed by atoms with Gasteiger partial charge in [0.25, 0.3) is 21.9 Å². The third kappa shape index (κ3) is 10.3. The van der Waals surface area contributed by atoms with E-state index in [1.165, 1.54) is 36.7 Å². The molecule has 0 unspecified atom stereocenters. The Morgan fingerprint density at radius 2 is 1.51 bits per heavy atom. The first-order valence-corrected chi connectivity index (χ1v) is 13.8. The molecule has 0 bridgehead atoms. The van der Waals surface area contributed by atoms with Gasteiger partial charge >= 0.3 is 0 Å². The van der Waals surface area contributed by atoms with E-state index in [1.54, 1.807) is 30.5 Å². The van der Waals surface area contributed by atoms with Gasteiger partial charge in [-0.1, -0.05) is 18.2 Å². The van der Waals surface area contributed by atoms with Gasteiger partial charge in [-0.05, 0) is 68.2 Å². The van der Waals surface area contributed by atoms with Crippen LogP contribution in [-0.4, -0.2) is 60.9 Å². The molecule has 0 aliphatic carbocycles. The van der Waals surface area contributed by atoms with Gasteiger partial charge in [0.2, 0.25) is 0 Å². The number of carbonyl (C=O) groups is 2. The maximum Gasteiger partial charge on any atom is 0.294 e. The third-order valence-corrected chi connectivity index (χ3v) is 6.43. The molecule has 2 aromatic heterocycles. The number of hydrogen-bond acceptors (Lipinski definition) is 9. The van der Waals surface area contributed by atoms with Crippen LogP contribution >= 0.6 is 0 Å². The Morgan fingerprint density at radius 1 is 0.821 bits per heavy atom. The molecule has 3 rings (SSSR count). The number of unbranched alkanes of at least 4 members (excludes halogenated alkanes) is 1. The number of benzene rings is 1. The fraction of sp³-hybridized carbons (Fsp3) is 0.308. The van der Waals surface area contributed by atoms with E-state index in [1.807, 2.05) is 0 Å². The van der Waals surface area contributed by atoms with Crippen molar-refractivity contribution in [3.8, 4) is 0 Å². The van der Waals surface area contributed by atoms with Gasteiger partial charge in [0.1, 0.15) is 0 Å². The number of nitrogens with one attached hydrogen (secondary N) is 3. The van der Waals surface area contributed by atoms with E-state index in [-0.39, 0.29) is 29.1 Å². The Kier molecular flexibility index (Phi) is 11.6. The average molecular weight is 554 g/mol. The molecule has 0 atom stereocenters. The molecule has 0 saturated carbocycles. The molecule has 39 heavy (non-hydrogen) atoms. The number of pyridine rings is 2. The quantitative estimate of drug-likeness (QED) is 0.126. The lowest BCUT2D eigenvalue weighted by Crippen LogP contribution is -2.28. The van der Waals surface area contributed by atoms with Gasteiger partial charge in [0.15, 0.2) is 5.82 Å². The Balaban J connectivity index is 1.27. The van der Waals surface area contributed by atoms with Crippen molar-refractivity contribution < 1.29 is 22.6 Å². The maximum atomic E-state index is 12.3. The largest absolute Gasteiger partial charge is 0.352 e. The zero-order chi connectivity index (χ0) is 27.9. The van der Waals surface area contributed by atoms with E-state index < -0.39 is 10.1 Å². The smallest absolute Gasteiger partial charge is 0.294 e. The topological polar surface area (TPSA) is 175 Å². The number of azo groups is 1. The number of aromatic nitrogens is 2. The summed E-state index contributed by atoms with van der Waals surface area (Å²) in [7, 11) is -4.35. The molecule has 0 aliphatic rings. The lowest BCUT2D eigenvalue weighted by atomic mass is 10.2. The van der Waals surface area contributed by atoms with Gasteiger partial charge in [0, 0.05) is 31.7 Å². The fourth-order valence-electron chi connectivity index (χ4n) is 3.47. The molecule has 4 N–H and O–H groups in total. The fourth-order valence-corrected chi connectivity index (χ4v) is 4.18. The molecule has 12 nitrogen and oxygen atoms in total. The van der Waals surface area contributed by atoms with E-state index >= 15 is 0 Å². The highest BCUT2D eigenvalue weighted by atomic mass is 32.2. The van der Waals surface area contributed by atoms with Crippen molar-refractivity contribution in [2.24, 2.45) is 10.2 Å². The highest BCUT2D eigenvalue weighted by molar-refractivity contribution is 7.85. The van der Waals surface area contributed by atoms with Gasteiger partial charge in [-0.2, -0.15) is 13.5 Å². The molecule has 2 heterocycles. The van der Waals surface area contributed by atoms with Crippen LogP contribution in [0.2, 0.25) is 0 Å². The molecular formula is C26H31N7O5S.